The molecule has 2 aromatic rings. The molecule has 3 N–H and O–H groups in total. The fourth-order valence-electron chi connectivity index (χ4n) is 3.29. The summed E-state index contributed by atoms with van der Waals surface area (Å²) in [6, 6.07) is 5.89. The zero-order valence-corrected chi connectivity index (χ0v) is 15.0. The maximum Gasteiger partial charge on any atom is 0.245 e. The van der Waals surface area contributed by atoms with E-state index in [1.165, 1.54) is 0 Å². The van der Waals surface area contributed by atoms with Gasteiger partial charge < -0.3 is 15.7 Å². The SMILES string of the molecule is Cc1ccc(Nc2nccc(C3CCC(CNC(=O)CO)CC3)n2)nc1. The Balaban J connectivity index is 1.55. The van der Waals surface area contributed by atoms with Crippen molar-refractivity contribution in [1.29, 1.82) is 0 Å². The van der Waals surface area contributed by atoms with Gasteiger partial charge in [0, 0.05) is 30.6 Å². The number of amides is 1. The summed E-state index contributed by atoms with van der Waals surface area (Å²) in [6.07, 6.45) is 7.76. The van der Waals surface area contributed by atoms with Gasteiger partial charge in [0.25, 0.3) is 0 Å². The number of carbonyl (C=O) groups is 1. The normalized spacial score (nSPS) is 19.8. The minimum absolute atomic E-state index is 0.302. The van der Waals surface area contributed by atoms with Crippen molar-refractivity contribution in [1.82, 2.24) is 20.3 Å². The molecular formula is C19H25N5O2. The molecule has 1 amide bonds. The van der Waals surface area contributed by atoms with Crippen LogP contribution in [0.15, 0.2) is 30.6 Å². The molecule has 7 nitrogen and oxygen atoms in total. The summed E-state index contributed by atoms with van der Waals surface area (Å²) in [7, 11) is 0. The molecule has 3 rings (SSSR count). The van der Waals surface area contributed by atoms with E-state index in [1.807, 2.05) is 31.3 Å². The molecule has 0 bridgehead atoms. The first kappa shape index (κ1) is 18.3. The van der Waals surface area contributed by atoms with Crippen LogP contribution in [-0.4, -0.2) is 39.1 Å². The smallest absolute Gasteiger partial charge is 0.245 e. The van der Waals surface area contributed by atoms with Crippen LogP contribution in [-0.2, 0) is 4.79 Å². The molecule has 7 heteroatoms. The van der Waals surface area contributed by atoms with Crippen molar-refractivity contribution in [2.45, 2.75) is 38.5 Å². The Morgan fingerprint density at radius 2 is 2.00 bits per heavy atom. The molecule has 0 unspecified atom stereocenters. The first-order valence-electron chi connectivity index (χ1n) is 9.04. The van der Waals surface area contributed by atoms with Gasteiger partial charge in [-0.3, -0.25) is 4.79 Å². The van der Waals surface area contributed by atoms with Gasteiger partial charge >= 0.3 is 0 Å². The van der Waals surface area contributed by atoms with E-state index in [0.717, 1.165) is 42.8 Å². The fourth-order valence-corrected chi connectivity index (χ4v) is 3.29. The molecule has 1 fully saturated rings. The number of aliphatic hydroxyl groups is 1. The first-order valence-corrected chi connectivity index (χ1v) is 9.04. The molecule has 0 aromatic carbocycles. The van der Waals surface area contributed by atoms with E-state index >= 15 is 0 Å². The van der Waals surface area contributed by atoms with E-state index in [2.05, 4.69) is 25.6 Å². The second kappa shape index (κ2) is 8.71. The van der Waals surface area contributed by atoms with Gasteiger partial charge in [0.1, 0.15) is 12.4 Å². The predicted molar refractivity (Wildman–Crippen MR) is 99.1 cm³/mol. The van der Waals surface area contributed by atoms with Crippen molar-refractivity contribution in [2.75, 3.05) is 18.5 Å². The predicted octanol–water partition coefficient (Wildman–Crippen LogP) is 2.31. The van der Waals surface area contributed by atoms with Crippen molar-refractivity contribution < 1.29 is 9.90 Å². The molecule has 1 saturated carbocycles. The van der Waals surface area contributed by atoms with E-state index in [-0.39, 0.29) is 5.91 Å². The third-order valence-electron chi connectivity index (χ3n) is 4.82. The van der Waals surface area contributed by atoms with Crippen molar-refractivity contribution in [3.8, 4) is 0 Å². The Labute approximate surface area is 153 Å². The van der Waals surface area contributed by atoms with Crippen molar-refractivity contribution in [3.05, 3.63) is 41.9 Å². The number of anilines is 2. The number of aryl methyl sites for hydroxylation is 1. The third-order valence-corrected chi connectivity index (χ3v) is 4.82. The fraction of sp³-hybridized carbons (Fsp3) is 0.474. The molecule has 0 radical (unpaired) electrons. The summed E-state index contributed by atoms with van der Waals surface area (Å²) in [5.74, 6) is 1.88. The van der Waals surface area contributed by atoms with Crippen LogP contribution in [0.1, 0.15) is 42.9 Å². The van der Waals surface area contributed by atoms with Gasteiger partial charge in [-0.15, -0.1) is 0 Å². The number of nitrogens with one attached hydrogen (secondary N) is 2. The molecule has 0 spiro atoms. The van der Waals surface area contributed by atoms with Crippen LogP contribution in [0.25, 0.3) is 0 Å². The number of pyridine rings is 1. The average Bonchev–Trinajstić information content (AvgIpc) is 2.68. The molecular weight excluding hydrogens is 330 g/mol. The van der Waals surface area contributed by atoms with Crippen LogP contribution >= 0.6 is 0 Å². The summed E-state index contributed by atoms with van der Waals surface area (Å²) >= 11 is 0. The Morgan fingerprint density at radius 3 is 2.69 bits per heavy atom. The lowest BCUT2D eigenvalue weighted by Crippen LogP contribution is -2.32. The summed E-state index contributed by atoms with van der Waals surface area (Å²) in [6.45, 7) is 2.20. The van der Waals surface area contributed by atoms with Crippen LogP contribution < -0.4 is 10.6 Å². The number of hydrogen-bond donors (Lipinski definition) is 3. The lowest BCUT2D eigenvalue weighted by Gasteiger charge is -2.28. The van der Waals surface area contributed by atoms with Crippen LogP contribution in [0, 0.1) is 12.8 Å². The van der Waals surface area contributed by atoms with Crippen LogP contribution in [0.4, 0.5) is 11.8 Å². The van der Waals surface area contributed by atoms with Gasteiger partial charge in [-0.2, -0.15) is 0 Å². The molecule has 0 aliphatic heterocycles. The van der Waals surface area contributed by atoms with Crippen molar-refractivity contribution >= 4 is 17.7 Å². The number of aromatic nitrogens is 3. The van der Waals surface area contributed by atoms with Gasteiger partial charge in [-0.25, -0.2) is 15.0 Å². The lowest BCUT2D eigenvalue weighted by atomic mass is 9.80. The van der Waals surface area contributed by atoms with Gasteiger partial charge in [0.15, 0.2) is 0 Å². The zero-order chi connectivity index (χ0) is 18.4. The number of nitrogens with zero attached hydrogens (tertiary/aromatic N) is 3. The maximum absolute atomic E-state index is 11.2. The first-order chi connectivity index (χ1) is 12.6. The lowest BCUT2D eigenvalue weighted by molar-refractivity contribution is -0.124. The molecule has 26 heavy (non-hydrogen) atoms. The van der Waals surface area contributed by atoms with Crippen molar-refractivity contribution in [3.63, 3.8) is 0 Å². The van der Waals surface area contributed by atoms with Gasteiger partial charge in [0.2, 0.25) is 11.9 Å². The summed E-state index contributed by atoms with van der Waals surface area (Å²) in [5.41, 5.74) is 2.16. The minimum Gasteiger partial charge on any atom is -0.387 e. The van der Waals surface area contributed by atoms with Gasteiger partial charge in [-0.05, 0) is 56.2 Å². The Kier molecular flexibility index (Phi) is 6.12. The molecule has 2 aromatic heterocycles. The van der Waals surface area contributed by atoms with Crippen LogP contribution in [0.5, 0.6) is 0 Å². The number of hydrogen-bond acceptors (Lipinski definition) is 6. The summed E-state index contributed by atoms with van der Waals surface area (Å²) in [5, 5.41) is 14.7. The Hall–Kier alpha value is -2.54. The van der Waals surface area contributed by atoms with Crippen LogP contribution in [0.3, 0.4) is 0 Å². The summed E-state index contributed by atoms with van der Waals surface area (Å²) < 4.78 is 0. The van der Waals surface area contributed by atoms with E-state index < -0.39 is 6.61 Å². The van der Waals surface area contributed by atoms with Gasteiger partial charge in [0.05, 0.1) is 0 Å². The second-order valence-electron chi connectivity index (χ2n) is 6.83. The maximum atomic E-state index is 11.2. The standard InChI is InChI=1S/C19H25N5O2/c1-13-2-7-17(21-10-13)24-19-20-9-8-16(23-19)15-5-3-14(4-6-15)11-22-18(26)12-25/h2,7-10,14-15,25H,3-6,11-12H2,1H3,(H,22,26)(H,20,21,23,24). The minimum atomic E-state index is -0.443. The van der Waals surface area contributed by atoms with Crippen LogP contribution in [0.2, 0.25) is 0 Å². The topological polar surface area (TPSA) is 100 Å². The van der Waals surface area contributed by atoms with Gasteiger partial charge in [-0.1, -0.05) is 6.07 Å². The largest absolute Gasteiger partial charge is 0.387 e. The summed E-state index contributed by atoms with van der Waals surface area (Å²) in [4.78, 5) is 24.4. The highest BCUT2D eigenvalue weighted by Gasteiger charge is 2.23. The highest BCUT2D eigenvalue weighted by molar-refractivity contribution is 5.76. The zero-order valence-electron chi connectivity index (χ0n) is 15.0. The molecule has 0 atom stereocenters. The van der Waals surface area contributed by atoms with Crippen molar-refractivity contribution in [2.24, 2.45) is 5.92 Å². The highest BCUT2D eigenvalue weighted by atomic mass is 16.3. The quantitative estimate of drug-likeness (QED) is 0.735. The molecule has 0 saturated heterocycles. The Morgan fingerprint density at radius 1 is 1.19 bits per heavy atom. The monoisotopic (exact) mass is 355 g/mol. The number of aliphatic hydroxyl groups excluding tert-OH is 1. The Bertz CT molecular complexity index is 727. The molecule has 1 aliphatic rings. The molecule has 138 valence electrons. The van der Waals surface area contributed by atoms with E-state index in [1.54, 1.807) is 6.20 Å². The van der Waals surface area contributed by atoms with E-state index in [4.69, 9.17) is 5.11 Å². The second-order valence-corrected chi connectivity index (χ2v) is 6.83. The average molecular weight is 355 g/mol. The highest BCUT2D eigenvalue weighted by Crippen LogP contribution is 2.34. The van der Waals surface area contributed by atoms with E-state index in [9.17, 15) is 4.79 Å². The third kappa shape index (κ3) is 4.98. The number of carbonyl (C=O) groups excluding carboxylic acids is 1. The molecule has 2 heterocycles. The molecule has 1 aliphatic carbocycles. The number of rotatable bonds is 6. The van der Waals surface area contributed by atoms with E-state index in [0.29, 0.717) is 24.3 Å².